The fourth-order valence-electron chi connectivity index (χ4n) is 4.07. The number of carbonyl (C=O) groups is 2. The number of halogens is 2. The quantitative estimate of drug-likeness (QED) is 0.458. The second-order valence-corrected chi connectivity index (χ2v) is 9.21. The predicted octanol–water partition coefficient (Wildman–Crippen LogP) is 6.02. The number of benzene rings is 3. The molecule has 0 aliphatic carbocycles. The van der Waals surface area contributed by atoms with Crippen molar-refractivity contribution in [3.05, 3.63) is 94.3 Å². The minimum absolute atomic E-state index is 0.0530. The third-order valence-corrected chi connectivity index (χ3v) is 6.51. The van der Waals surface area contributed by atoms with Gasteiger partial charge in [-0.05, 0) is 48.7 Å². The molecule has 4 rings (SSSR count). The van der Waals surface area contributed by atoms with Crippen LogP contribution >= 0.6 is 11.6 Å². The maximum atomic E-state index is 14.0. The van der Waals surface area contributed by atoms with Gasteiger partial charge in [0.15, 0.2) is 0 Å². The number of aliphatic imine (C=N–C) groups is 1. The van der Waals surface area contributed by atoms with Crippen molar-refractivity contribution >= 4 is 40.5 Å². The van der Waals surface area contributed by atoms with Crippen molar-refractivity contribution in [2.24, 2.45) is 10.9 Å². The molecule has 0 saturated carbocycles. The van der Waals surface area contributed by atoms with Crippen LogP contribution in [0.25, 0.3) is 0 Å². The topological polar surface area (TPSA) is 61.8 Å². The molecule has 2 atom stereocenters. The molecule has 0 saturated heterocycles. The maximum absolute atomic E-state index is 14.0. The summed E-state index contributed by atoms with van der Waals surface area (Å²) in [4.78, 5) is 33.2. The van der Waals surface area contributed by atoms with E-state index in [1.165, 1.54) is 11.0 Å². The molecule has 0 aromatic heterocycles. The standard InChI is InChI=1S/C28H27ClFN3O2/c1-4-17(2)26-28(35)33(16-25(34)31-21-12-10-18(3)23(30)15-21)24-13-11-20(29)14-22(24)27(32-26)19-8-6-5-7-9-19/h5-15,17,26H,4,16H2,1-3H3,(H,31,34)/t17-,26-/m1/s1. The van der Waals surface area contributed by atoms with Gasteiger partial charge in [0.1, 0.15) is 18.4 Å². The van der Waals surface area contributed by atoms with Gasteiger partial charge >= 0.3 is 0 Å². The summed E-state index contributed by atoms with van der Waals surface area (Å²) in [5.41, 5.74) is 3.56. The van der Waals surface area contributed by atoms with Crippen LogP contribution in [-0.2, 0) is 9.59 Å². The molecule has 3 aromatic rings. The van der Waals surface area contributed by atoms with Gasteiger partial charge in [-0.2, -0.15) is 0 Å². The molecule has 35 heavy (non-hydrogen) atoms. The summed E-state index contributed by atoms with van der Waals surface area (Å²) in [7, 11) is 0. The van der Waals surface area contributed by atoms with Crippen LogP contribution in [0.4, 0.5) is 15.8 Å². The van der Waals surface area contributed by atoms with Crippen LogP contribution in [0, 0.1) is 18.7 Å². The summed E-state index contributed by atoms with van der Waals surface area (Å²) < 4.78 is 14.0. The highest BCUT2D eigenvalue weighted by atomic mass is 35.5. The van der Waals surface area contributed by atoms with Crippen molar-refractivity contribution < 1.29 is 14.0 Å². The lowest BCUT2D eigenvalue weighted by atomic mass is 9.98. The number of amides is 2. The van der Waals surface area contributed by atoms with Gasteiger partial charge in [-0.1, -0.05) is 68.3 Å². The molecule has 0 spiro atoms. The molecule has 1 aliphatic heterocycles. The summed E-state index contributed by atoms with van der Waals surface area (Å²) in [5, 5.41) is 3.21. The first-order chi connectivity index (χ1) is 16.8. The van der Waals surface area contributed by atoms with Crippen LogP contribution in [0.3, 0.4) is 0 Å². The van der Waals surface area contributed by atoms with Crippen LogP contribution in [-0.4, -0.2) is 30.1 Å². The van der Waals surface area contributed by atoms with Gasteiger partial charge in [-0.15, -0.1) is 0 Å². The van der Waals surface area contributed by atoms with Gasteiger partial charge in [0.2, 0.25) is 5.91 Å². The molecular formula is C28H27ClFN3O2. The smallest absolute Gasteiger partial charge is 0.252 e. The second kappa shape index (κ2) is 10.4. The van der Waals surface area contributed by atoms with Crippen LogP contribution in [0.5, 0.6) is 0 Å². The van der Waals surface area contributed by atoms with E-state index in [1.807, 2.05) is 44.2 Å². The van der Waals surface area contributed by atoms with Crippen LogP contribution in [0.1, 0.15) is 37.0 Å². The van der Waals surface area contributed by atoms with E-state index in [1.54, 1.807) is 37.3 Å². The molecule has 1 aliphatic rings. The van der Waals surface area contributed by atoms with Crippen LogP contribution in [0.15, 0.2) is 71.7 Å². The van der Waals surface area contributed by atoms with Crippen molar-refractivity contribution in [2.75, 3.05) is 16.8 Å². The Kier molecular flexibility index (Phi) is 7.31. The molecule has 180 valence electrons. The fourth-order valence-corrected chi connectivity index (χ4v) is 4.25. The average molecular weight is 492 g/mol. The van der Waals surface area contributed by atoms with E-state index in [-0.39, 0.29) is 18.4 Å². The highest BCUT2D eigenvalue weighted by Gasteiger charge is 2.35. The van der Waals surface area contributed by atoms with E-state index < -0.39 is 17.8 Å². The van der Waals surface area contributed by atoms with Crippen molar-refractivity contribution in [1.82, 2.24) is 0 Å². The first-order valence-electron chi connectivity index (χ1n) is 11.6. The summed E-state index contributed by atoms with van der Waals surface area (Å²) >= 11 is 6.36. The van der Waals surface area contributed by atoms with Gasteiger partial charge < -0.3 is 10.2 Å². The van der Waals surface area contributed by atoms with Gasteiger partial charge in [-0.3, -0.25) is 14.6 Å². The molecule has 1 heterocycles. The SMILES string of the molecule is CC[C@@H](C)[C@H]1N=C(c2ccccc2)c2cc(Cl)ccc2N(CC(=O)Nc2ccc(C)c(F)c2)C1=O. The number of nitrogens with one attached hydrogen (secondary N) is 1. The fraction of sp³-hybridized carbons (Fsp3) is 0.250. The number of rotatable bonds is 6. The number of aryl methyl sites for hydroxylation is 1. The monoisotopic (exact) mass is 491 g/mol. The molecule has 3 aromatic carbocycles. The Hall–Kier alpha value is -3.51. The number of nitrogens with zero attached hydrogens (tertiary/aromatic N) is 2. The summed E-state index contributed by atoms with van der Waals surface area (Å²) in [6.45, 7) is 5.39. The maximum Gasteiger partial charge on any atom is 0.252 e. The molecule has 7 heteroatoms. The highest BCUT2D eigenvalue weighted by Crippen LogP contribution is 2.33. The number of benzodiazepines with no additional fused rings is 1. The molecule has 0 radical (unpaired) electrons. The summed E-state index contributed by atoms with van der Waals surface area (Å²) in [6.07, 6.45) is 0.738. The van der Waals surface area contributed by atoms with Crippen LogP contribution < -0.4 is 10.2 Å². The molecule has 0 unspecified atom stereocenters. The van der Waals surface area contributed by atoms with E-state index in [0.717, 1.165) is 12.0 Å². The van der Waals surface area contributed by atoms with Gasteiger partial charge in [0.05, 0.1) is 11.4 Å². The lowest BCUT2D eigenvalue weighted by Crippen LogP contribution is -2.44. The number of anilines is 2. The molecule has 2 amide bonds. The number of hydrogen-bond acceptors (Lipinski definition) is 3. The first-order valence-corrected chi connectivity index (χ1v) is 12.0. The van der Waals surface area contributed by atoms with E-state index in [9.17, 15) is 14.0 Å². The third-order valence-electron chi connectivity index (χ3n) is 6.28. The molecule has 1 N–H and O–H groups in total. The Bertz CT molecular complexity index is 1290. The van der Waals surface area contributed by atoms with Gasteiger partial charge in [0.25, 0.3) is 5.91 Å². The molecule has 5 nitrogen and oxygen atoms in total. The van der Waals surface area contributed by atoms with E-state index in [4.69, 9.17) is 16.6 Å². The van der Waals surface area contributed by atoms with Crippen molar-refractivity contribution in [3.63, 3.8) is 0 Å². The van der Waals surface area contributed by atoms with Gasteiger partial charge in [0, 0.05) is 21.8 Å². The zero-order valence-electron chi connectivity index (χ0n) is 19.9. The minimum Gasteiger partial charge on any atom is -0.324 e. The molecule has 0 fully saturated rings. The number of carbonyl (C=O) groups excluding carboxylic acids is 2. The minimum atomic E-state index is -0.675. The third kappa shape index (κ3) is 5.28. The second-order valence-electron chi connectivity index (χ2n) is 8.77. The summed E-state index contributed by atoms with van der Waals surface area (Å²) in [6, 6.07) is 18.7. The molecule has 0 bridgehead atoms. The van der Waals surface area contributed by atoms with Gasteiger partial charge in [-0.25, -0.2) is 4.39 Å². The van der Waals surface area contributed by atoms with E-state index >= 15 is 0 Å². The zero-order chi connectivity index (χ0) is 25.1. The van der Waals surface area contributed by atoms with Crippen molar-refractivity contribution in [1.29, 1.82) is 0 Å². The lowest BCUT2D eigenvalue weighted by Gasteiger charge is -2.26. The Labute approximate surface area is 209 Å². The largest absolute Gasteiger partial charge is 0.324 e. The highest BCUT2D eigenvalue weighted by molar-refractivity contribution is 6.32. The van der Waals surface area contributed by atoms with Crippen LogP contribution in [0.2, 0.25) is 5.02 Å². The average Bonchev–Trinajstić information content (AvgIpc) is 2.96. The zero-order valence-corrected chi connectivity index (χ0v) is 20.6. The molecular weight excluding hydrogens is 465 g/mol. The normalized spacial score (nSPS) is 16.3. The number of fused-ring (bicyclic) bond motifs is 1. The Morgan fingerprint density at radius 3 is 2.57 bits per heavy atom. The lowest BCUT2D eigenvalue weighted by molar-refractivity contribution is -0.123. The Morgan fingerprint density at radius 1 is 1.14 bits per heavy atom. The Morgan fingerprint density at radius 2 is 1.89 bits per heavy atom. The first kappa shape index (κ1) is 24.6. The van der Waals surface area contributed by atoms with Crippen molar-refractivity contribution in [2.45, 2.75) is 33.2 Å². The number of hydrogen-bond donors (Lipinski definition) is 1. The van der Waals surface area contributed by atoms with E-state index in [0.29, 0.717) is 33.2 Å². The summed E-state index contributed by atoms with van der Waals surface area (Å²) in [5.74, 6) is -1.17. The van der Waals surface area contributed by atoms with E-state index in [2.05, 4.69) is 5.32 Å². The van der Waals surface area contributed by atoms with Crippen molar-refractivity contribution in [3.8, 4) is 0 Å². The Balaban J connectivity index is 1.76. The predicted molar refractivity (Wildman–Crippen MR) is 139 cm³/mol.